The zero-order chi connectivity index (χ0) is 18.4. The third-order valence-corrected chi connectivity index (χ3v) is 3.81. The van der Waals surface area contributed by atoms with Crippen LogP contribution in [-0.4, -0.2) is 22.2 Å². The van der Waals surface area contributed by atoms with E-state index in [1.807, 2.05) is 6.07 Å². The van der Waals surface area contributed by atoms with E-state index >= 15 is 0 Å². The van der Waals surface area contributed by atoms with Gasteiger partial charge in [0.25, 0.3) is 5.91 Å². The van der Waals surface area contributed by atoms with Gasteiger partial charge in [0.05, 0.1) is 12.2 Å². The summed E-state index contributed by atoms with van der Waals surface area (Å²) in [6, 6.07) is 7.86. The van der Waals surface area contributed by atoms with Gasteiger partial charge in [0, 0.05) is 12.1 Å². The summed E-state index contributed by atoms with van der Waals surface area (Å²) < 4.78 is 14.5. The molecule has 2 aromatic rings. The Morgan fingerprint density at radius 3 is 2.76 bits per heavy atom. The maximum atomic E-state index is 13.0. The van der Waals surface area contributed by atoms with Crippen LogP contribution in [0.15, 0.2) is 42.5 Å². The molecule has 1 N–H and O–H groups in total. The lowest BCUT2D eigenvalue weighted by molar-refractivity contribution is -0.116. The molecule has 0 radical (unpaired) electrons. The molecule has 0 aliphatic heterocycles. The lowest BCUT2D eigenvalue weighted by atomic mass is 10.1. The first-order valence-electron chi connectivity index (χ1n) is 7.44. The molecule has 1 amide bonds. The number of hydrogen-bond acceptors (Lipinski definition) is 3. The Morgan fingerprint density at radius 2 is 2.16 bits per heavy atom. The van der Waals surface area contributed by atoms with Crippen molar-refractivity contribution in [1.29, 1.82) is 5.26 Å². The topological polar surface area (TPSA) is 70.7 Å². The van der Waals surface area contributed by atoms with E-state index in [0.29, 0.717) is 23.0 Å². The summed E-state index contributed by atoms with van der Waals surface area (Å²) in [7, 11) is 0. The summed E-state index contributed by atoms with van der Waals surface area (Å²) in [5.74, 6) is -0.830. The van der Waals surface area contributed by atoms with E-state index in [0.717, 1.165) is 5.56 Å². The highest BCUT2D eigenvalue weighted by atomic mass is 35.5. The summed E-state index contributed by atoms with van der Waals surface area (Å²) >= 11 is 6.35. The van der Waals surface area contributed by atoms with Crippen molar-refractivity contribution < 1.29 is 9.18 Å². The van der Waals surface area contributed by atoms with Gasteiger partial charge in [-0.15, -0.1) is 6.58 Å². The molecule has 128 valence electrons. The molecule has 0 aliphatic rings. The van der Waals surface area contributed by atoms with Crippen LogP contribution >= 0.6 is 11.6 Å². The van der Waals surface area contributed by atoms with Crippen molar-refractivity contribution in [2.75, 3.05) is 6.54 Å². The van der Waals surface area contributed by atoms with Crippen LogP contribution in [0.3, 0.4) is 0 Å². The molecule has 0 aliphatic carbocycles. The normalized spacial score (nSPS) is 11.0. The van der Waals surface area contributed by atoms with Gasteiger partial charge in [-0.05, 0) is 30.7 Å². The molecule has 0 unspecified atom stereocenters. The molecular formula is C18H16ClFN4O. The zero-order valence-corrected chi connectivity index (χ0v) is 14.3. The van der Waals surface area contributed by atoms with Crippen LogP contribution in [0.25, 0.3) is 6.08 Å². The van der Waals surface area contributed by atoms with Gasteiger partial charge in [-0.3, -0.25) is 4.79 Å². The monoisotopic (exact) mass is 358 g/mol. The number of nitriles is 1. The smallest absolute Gasteiger partial charge is 0.262 e. The van der Waals surface area contributed by atoms with Crippen molar-refractivity contribution in [3.63, 3.8) is 0 Å². The van der Waals surface area contributed by atoms with Crippen molar-refractivity contribution in [2.45, 2.75) is 13.5 Å². The largest absolute Gasteiger partial charge is 0.348 e. The number of aryl methyl sites for hydroxylation is 1. The molecule has 0 saturated heterocycles. The van der Waals surface area contributed by atoms with Gasteiger partial charge in [-0.1, -0.05) is 29.8 Å². The van der Waals surface area contributed by atoms with Crippen LogP contribution in [0.2, 0.25) is 5.15 Å². The van der Waals surface area contributed by atoms with Crippen molar-refractivity contribution in [2.24, 2.45) is 0 Å². The van der Waals surface area contributed by atoms with E-state index in [9.17, 15) is 14.4 Å². The van der Waals surface area contributed by atoms with Crippen LogP contribution in [0, 0.1) is 24.1 Å². The van der Waals surface area contributed by atoms with Gasteiger partial charge in [-0.2, -0.15) is 10.4 Å². The number of aromatic nitrogens is 2. The number of nitrogens with one attached hydrogen (secondary N) is 1. The Labute approximate surface area is 150 Å². The summed E-state index contributed by atoms with van der Waals surface area (Å²) in [6.45, 7) is 5.84. The third-order valence-electron chi connectivity index (χ3n) is 3.42. The number of carbonyl (C=O) groups excluding carboxylic acids is 1. The molecule has 1 heterocycles. The number of rotatable bonds is 6. The highest BCUT2D eigenvalue weighted by Gasteiger charge is 2.15. The first-order valence-corrected chi connectivity index (χ1v) is 7.82. The van der Waals surface area contributed by atoms with Crippen LogP contribution in [-0.2, 0) is 11.3 Å². The number of hydrogen-bond donors (Lipinski definition) is 1. The van der Waals surface area contributed by atoms with Crippen LogP contribution in [0.1, 0.15) is 16.8 Å². The van der Waals surface area contributed by atoms with Gasteiger partial charge in [0.15, 0.2) is 0 Å². The number of halogens is 2. The predicted molar refractivity (Wildman–Crippen MR) is 94.3 cm³/mol. The van der Waals surface area contributed by atoms with E-state index < -0.39 is 5.91 Å². The minimum absolute atomic E-state index is 0.0758. The van der Waals surface area contributed by atoms with E-state index in [1.54, 1.807) is 19.1 Å². The summed E-state index contributed by atoms with van der Waals surface area (Å²) in [6.07, 6.45) is 2.93. The Morgan fingerprint density at radius 1 is 1.48 bits per heavy atom. The summed E-state index contributed by atoms with van der Waals surface area (Å²) in [5, 5.41) is 16.4. The number of benzene rings is 1. The predicted octanol–water partition coefficient (Wildman–Crippen LogP) is 3.24. The second-order valence-electron chi connectivity index (χ2n) is 5.24. The minimum Gasteiger partial charge on any atom is -0.348 e. The SMILES string of the molecule is C=CCNC(=O)/C(C#N)=C/c1c(C)nn(Cc2ccc(F)cc2)c1Cl. The Kier molecular flexibility index (Phi) is 6.09. The second kappa shape index (κ2) is 8.27. The minimum atomic E-state index is -0.510. The maximum Gasteiger partial charge on any atom is 0.262 e. The molecule has 0 atom stereocenters. The Bertz CT molecular complexity index is 862. The second-order valence-corrected chi connectivity index (χ2v) is 5.60. The molecule has 1 aromatic heterocycles. The highest BCUT2D eigenvalue weighted by Crippen LogP contribution is 2.23. The van der Waals surface area contributed by atoms with Crippen molar-refractivity contribution in [1.82, 2.24) is 15.1 Å². The molecule has 7 heteroatoms. The molecule has 25 heavy (non-hydrogen) atoms. The lowest BCUT2D eigenvalue weighted by Crippen LogP contribution is -2.24. The fraction of sp³-hybridized carbons (Fsp3) is 0.167. The highest BCUT2D eigenvalue weighted by molar-refractivity contribution is 6.31. The Balaban J connectivity index is 2.30. The molecular weight excluding hydrogens is 343 g/mol. The van der Waals surface area contributed by atoms with Crippen LogP contribution in [0.5, 0.6) is 0 Å². The third kappa shape index (κ3) is 4.55. The first-order chi connectivity index (χ1) is 12.0. The van der Waals surface area contributed by atoms with Gasteiger partial charge >= 0.3 is 0 Å². The Hall–Kier alpha value is -2.91. The molecule has 2 rings (SSSR count). The van der Waals surface area contributed by atoms with E-state index in [4.69, 9.17) is 11.6 Å². The van der Waals surface area contributed by atoms with E-state index in [-0.39, 0.29) is 17.9 Å². The first kappa shape index (κ1) is 18.4. The molecule has 0 bridgehead atoms. The summed E-state index contributed by atoms with van der Waals surface area (Å²) in [4.78, 5) is 11.9. The molecule has 0 spiro atoms. The standard InChI is InChI=1S/C18H16ClFN4O/c1-3-8-22-18(25)14(10-21)9-16-12(2)23-24(17(16)19)11-13-4-6-15(20)7-5-13/h3-7,9H,1,8,11H2,2H3,(H,22,25)/b14-9+. The maximum absolute atomic E-state index is 13.0. The number of carbonyl (C=O) groups is 1. The van der Waals surface area contributed by atoms with Gasteiger partial charge < -0.3 is 5.32 Å². The zero-order valence-electron chi connectivity index (χ0n) is 13.6. The van der Waals surface area contributed by atoms with Crippen molar-refractivity contribution in [3.05, 3.63) is 70.3 Å². The van der Waals surface area contributed by atoms with Crippen molar-refractivity contribution in [3.8, 4) is 6.07 Å². The lowest BCUT2D eigenvalue weighted by Gasteiger charge is -2.04. The molecule has 0 saturated carbocycles. The fourth-order valence-corrected chi connectivity index (χ4v) is 2.44. The number of amides is 1. The number of nitrogens with zero attached hydrogens (tertiary/aromatic N) is 3. The van der Waals surface area contributed by atoms with E-state index in [1.165, 1.54) is 29.0 Å². The fourth-order valence-electron chi connectivity index (χ4n) is 2.15. The molecule has 1 aromatic carbocycles. The molecule has 5 nitrogen and oxygen atoms in total. The van der Waals surface area contributed by atoms with Crippen LogP contribution in [0.4, 0.5) is 4.39 Å². The van der Waals surface area contributed by atoms with Gasteiger partial charge in [0.2, 0.25) is 0 Å². The average molecular weight is 359 g/mol. The van der Waals surface area contributed by atoms with Crippen LogP contribution < -0.4 is 5.32 Å². The quantitative estimate of drug-likeness (QED) is 0.489. The van der Waals surface area contributed by atoms with Gasteiger partial charge in [0.1, 0.15) is 22.6 Å². The van der Waals surface area contributed by atoms with Crippen molar-refractivity contribution >= 4 is 23.6 Å². The average Bonchev–Trinajstić information content (AvgIpc) is 2.86. The molecule has 0 fully saturated rings. The van der Waals surface area contributed by atoms with Gasteiger partial charge in [-0.25, -0.2) is 9.07 Å². The van der Waals surface area contributed by atoms with E-state index in [2.05, 4.69) is 17.0 Å². The summed E-state index contributed by atoms with van der Waals surface area (Å²) in [5.41, 5.74) is 1.82.